The van der Waals surface area contributed by atoms with Gasteiger partial charge in [0.15, 0.2) is 0 Å². The standard InChI is InChI=1S/C11H24N4O2/c1-2-3-9(16)6-8(13)7-10(14)11(17)15-5-4-12/h8,10H,2-7,12-14H2,1H3,(H,15,17)/t8-,10+/m1/s1. The van der Waals surface area contributed by atoms with Gasteiger partial charge in [0.1, 0.15) is 5.78 Å². The van der Waals surface area contributed by atoms with E-state index >= 15 is 0 Å². The molecule has 0 aromatic heterocycles. The van der Waals surface area contributed by atoms with Gasteiger partial charge >= 0.3 is 0 Å². The lowest BCUT2D eigenvalue weighted by molar-refractivity contribution is -0.123. The van der Waals surface area contributed by atoms with Crippen molar-refractivity contribution in [1.82, 2.24) is 5.32 Å². The molecule has 0 rings (SSSR count). The molecule has 100 valence electrons. The lowest BCUT2D eigenvalue weighted by atomic mass is 10.0. The first-order valence-electron chi connectivity index (χ1n) is 6.01. The van der Waals surface area contributed by atoms with Crippen LogP contribution in [0.2, 0.25) is 0 Å². The van der Waals surface area contributed by atoms with Crippen LogP contribution in [-0.4, -0.2) is 36.9 Å². The number of hydrogen-bond acceptors (Lipinski definition) is 5. The van der Waals surface area contributed by atoms with Crippen molar-refractivity contribution >= 4 is 11.7 Å². The van der Waals surface area contributed by atoms with E-state index in [-0.39, 0.29) is 24.2 Å². The molecule has 0 bridgehead atoms. The number of nitrogens with one attached hydrogen (secondary N) is 1. The Labute approximate surface area is 102 Å². The lowest BCUT2D eigenvalue weighted by Crippen LogP contribution is -2.45. The van der Waals surface area contributed by atoms with Gasteiger partial charge in [0.05, 0.1) is 6.04 Å². The normalized spacial score (nSPS) is 14.1. The maximum Gasteiger partial charge on any atom is 0.237 e. The quantitative estimate of drug-likeness (QED) is 0.408. The molecule has 0 heterocycles. The van der Waals surface area contributed by atoms with Crippen LogP contribution in [0.3, 0.4) is 0 Å². The highest BCUT2D eigenvalue weighted by atomic mass is 16.2. The third-order valence-electron chi connectivity index (χ3n) is 2.36. The third kappa shape index (κ3) is 7.84. The summed E-state index contributed by atoms with van der Waals surface area (Å²) in [4.78, 5) is 22.8. The van der Waals surface area contributed by atoms with Crippen LogP contribution in [0.1, 0.15) is 32.6 Å². The van der Waals surface area contributed by atoms with E-state index < -0.39 is 6.04 Å². The molecule has 7 N–H and O–H groups in total. The molecular formula is C11H24N4O2. The Bertz CT molecular complexity index is 246. The topological polar surface area (TPSA) is 124 Å². The van der Waals surface area contributed by atoms with Gasteiger partial charge in [-0.3, -0.25) is 9.59 Å². The number of ketones is 1. The van der Waals surface area contributed by atoms with Crippen molar-refractivity contribution in [2.75, 3.05) is 13.1 Å². The van der Waals surface area contributed by atoms with E-state index in [0.29, 0.717) is 25.9 Å². The first-order chi connectivity index (χ1) is 8.01. The van der Waals surface area contributed by atoms with E-state index in [4.69, 9.17) is 17.2 Å². The minimum Gasteiger partial charge on any atom is -0.353 e. The van der Waals surface area contributed by atoms with Crippen LogP contribution in [0, 0.1) is 0 Å². The van der Waals surface area contributed by atoms with E-state index in [0.717, 1.165) is 6.42 Å². The molecule has 0 aliphatic carbocycles. The van der Waals surface area contributed by atoms with E-state index in [1.165, 1.54) is 0 Å². The molecular weight excluding hydrogens is 220 g/mol. The molecule has 0 saturated heterocycles. The molecule has 0 aromatic carbocycles. The molecule has 0 aliphatic heterocycles. The highest BCUT2D eigenvalue weighted by Crippen LogP contribution is 2.03. The number of amides is 1. The van der Waals surface area contributed by atoms with Crippen LogP contribution in [0.5, 0.6) is 0 Å². The number of hydrogen-bond donors (Lipinski definition) is 4. The molecule has 0 radical (unpaired) electrons. The van der Waals surface area contributed by atoms with Gasteiger partial charge < -0.3 is 22.5 Å². The van der Waals surface area contributed by atoms with Crippen molar-refractivity contribution in [3.63, 3.8) is 0 Å². The summed E-state index contributed by atoms with van der Waals surface area (Å²) in [5.41, 5.74) is 16.7. The Balaban J connectivity index is 3.89. The molecule has 6 heteroatoms. The van der Waals surface area contributed by atoms with Crippen LogP contribution in [-0.2, 0) is 9.59 Å². The van der Waals surface area contributed by atoms with Gasteiger partial charge in [-0.1, -0.05) is 6.92 Å². The Morgan fingerprint density at radius 2 is 1.94 bits per heavy atom. The molecule has 1 amide bonds. The van der Waals surface area contributed by atoms with Crippen molar-refractivity contribution in [2.45, 2.75) is 44.7 Å². The van der Waals surface area contributed by atoms with Crippen LogP contribution in [0.15, 0.2) is 0 Å². The van der Waals surface area contributed by atoms with Crippen LogP contribution in [0.4, 0.5) is 0 Å². The Morgan fingerprint density at radius 1 is 1.29 bits per heavy atom. The fraction of sp³-hybridized carbons (Fsp3) is 0.818. The molecule has 17 heavy (non-hydrogen) atoms. The van der Waals surface area contributed by atoms with Crippen molar-refractivity contribution in [2.24, 2.45) is 17.2 Å². The monoisotopic (exact) mass is 244 g/mol. The molecule has 0 aromatic rings. The minimum absolute atomic E-state index is 0.120. The predicted molar refractivity (Wildman–Crippen MR) is 67.2 cm³/mol. The fourth-order valence-electron chi connectivity index (χ4n) is 1.52. The van der Waals surface area contributed by atoms with Gasteiger partial charge in [0.25, 0.3) is 0 Å². The molecule has 0 aliphatic rings. The van der Waals surface area contributed by atoms with Crippen molar-refractivity contribution in [3.05, 3.63) is 0 Å². The second-order valence-electron chi connectivity index (χ2n) is 4.17. The van der Waals surface area contributed by atoms with E-state index in [2.05, 4.69) is 5.32 Å². The number of carbonyl (C=O) groups is 2. The van der Waals surface area contributed by atoms with E-state index in [9.17, 15) is 9.59 Å². The van der Waals surface area contributed by atoms with Crippen LogP contribution < -0.4 is 22.5 Å². The highest BCUT2D eigenvalue weighted by molar-refractivity contribution is 5.82. The van der Waals surface area contributed by atoms with Gasteiger partial charge in [-0.05, 0) is 12.8 Å². The fourth-order valence-corrected chi connectivity index (χ4v) is 1.52. The molecule has 0 unspecified atom stereocenters. The average Bonchev–Trinajstić information content (AvgIpc) is 2.25. The zero-order valence-corrected chi connectivity index (χ0v) is 10.4. The van der Waals surface area contributed by atoms with Gasteiger partial charge in [-0.25, -0.2) is 0 Å². The number of nitrogens with two attached hydrogens (primary N) is 3. The van der Waals surface area contributed by atoms with Gasteiger partial charge in [0, 0.05) is 32.0 Å². The molecule has 0 spiro atoms. The Hall–Kier alpha value is -0.980. The molecule has 0 saturated carbocycles. The first kappa shape index (κ1) is 16.0. The summed E-state index contributed by atoms with van der Waals surface area (Å²) >= 11 is 0. The molecule has 2 atom stereocenters. The number of rotatable bonds is 9. The molecule has 0 fully saturated rings. The summed E-state index contributed by atoms with van der Waals surface area (Å²) in [6, 6.07) is -1.03. The maximum atomic E-state index is 11.4. The van der Waals surface area contributed by atoms with Crippen molar-refractivity contribution in [1.29, 1.82) is 0 Å². The average molecular weight is 244 g/mol. The van der Waals surface area contributed by atoms with Gasteiger partial charge in [-0.2, -0.15) is 0 Å². The summed E-state index contributed by atoms with van der Waals surface area (Å²) in [6.07, 6.45) is 1.94. The number of Topliss-reactive ketones (excluding diaryl/α,β-unsaturated/α-hetero) is 1. The van der Waals surface area contributed by atoms with Crippen LogP contribution in [0.25, 0.3) is 0 Å². The minimum atomic E-state index is -0.675. The Kier molecular flexibility index (Phi) is 8.57. The van der Waals surface area contributed by atoms with E-state index in [1.54, 1.807) is 0 Å². The Morgan fingerprint density at radius 3 is 2.47 bits per heavy atom. The van der Waals surface area contributed by atoms with Crippen molar-refractivity contribution < 1.29 is 9.59 Å². The predicted octanol–water partition coefficient (Wildman–Crippen LogP) is -1.13. The third-order valence-corrected chi connectivity index (χ3v) is 2.36. The number of carbonyl (C=O) groups excluding carboxylic acids is 2. The smallest absolute Gasteiger partial charge is 0.237 e. The maximum absolute atomic E-state index is 11.4. The zero-order valence-electron chi connectivity index (χ0n) is 10.4. The largest absolute Gasteiger partial charge is 0.353 e. The summed E-state index contributed by atoms with van der Waals surface area (Å²) in [7, 11) is 0. The highest BCUT2D eigenvalue weighted by Gasteiger charge is 2.18. The van der Waals surface area contributed by atoms with Gasteiger partial charge in [-0.15, -0.1) is 0 Å². The van der Waals surface area contributed by atoms with Gasteiger partial charge in [0.2, 0.25) is 5.91 Å². The summed E-state index contributed by atoms with van der Waals surface area (Å²) in [5.74, 6) is -0.150. The molecule has 6 nitrogen and oxygen atoms in total. The summed E-state index contributed by atoms with van der Waals surface area (Å²) in [5, 5.41) is 2.59. The first-order valence-corrected chi connectivity index (χ1v) is 6.01. The lowest BCUT2D eigenvalue weighted by Gasteiger charge is -2.16. The van der Waals surface area contributed by atoms with Crippen LogP contribution >= 0.6 is 0 Å². The zero-order chi connectivity index (χ0) is 13.3. The second-order valence-corrected chi connectivity index (χ2v) is 4.17. The van der Waals surface area contributed by atoms with E-state index in [1.807, 2.05) is 6.92 Å². The summed E-state index contributed by atoms with van der Waals surface area (Å²) < 4.78 is 0. The SMILES string of the molecule is CCCC(=O)C[C@@H](N)C[C@H](N)C(=O)NCCN. The second kappa shape index (κ2) is 9.09. The van der Waals surface area contributed by atoms with Crippen molar-refractivity contribution in [3.8, 4) is 0 Å². The summed E-state index contributed by atoms with van der Waals surface area (Å²) in [6.45, 7) is 2.71.